The predicted octanol–water partition coefficient (Wildman–Crippen LogP) is 0.975. The molecule has 0 bridgehead atoms. The summed E-state index contributed by atoms with van der Waals surface area (Å²) in [5.74, 6) is 8.91. The Hall–Kier alpha value is -1.93. The van der Waals surface area contributed by atoms with Gasteiger partial charge in [-0.1, -0.05) is 0 Å². The molecule has 2 aromatic heterocycles. The summed E-state index contributed by atoms with van der Waals surface area (Å²) in [7, 11) is 1.55. The molecule has 0 unspecified atom stereocenters. The first kappa shape index (κ1) is 12.1. The van der Waals surface area contributed by atoms with E-state index >= 15 is 0 Å². The Kier molecular flexibility index (Phi) is 3.18. The van der Waals surface area contributed by atoms with Crippen LogP contribution in [0.25, 0.3) is 11.5 Å². The molecule has 1 aliphatic heterocycles. The number of ether oxygens (including phenoxy) is 1. The van der Waals surface area contributed by atoms with Crippen LogP contribution in [0.2, 0.25) is 0 Å². The van der Waals surface area contributed by atoms with Gasteiger partial charge in [-0.05, 0) is 0 Å². The molecule has 0 saturated carbocycles. The van der Waals surface area contributed by atoms with E-state index < -0.39 is 0 Å². The van der Waals surface area contributed by atoms with Gasteiger partial charge >= 0.3 is 0 Å². The van der Waals surface area contributed by atoms with Crippen molar-refractivity contribution in [1.82, 2.24) is 19.9 Å². The number of rotatable bonds is 3. The minimum atomic E-state index is 0.478. The zero-order valence-electron chi connectivity index (χ0n) is 10.3. The fraction of sp³-hybridized carbons (Fsp3) is 0.273. The molecule has 2 aromatic rings. The molecule has 0 saturated heterocycles. The number of nitrogens with two attached hydrogens (primary N) is 1. The highest BCUT2D eigenvalue weighted by atomic mass is 32.2. The lowest BCUT2D eigenvalue weighted by molar-refractivity contribution is 0.397. The van der Waals surface area contributed by atoms with Crippen LogP contribution in [-0.2, 0) is 11.5 Å². The molecule has 0 spiro atoms. The summed E-state index contributed by atoms with van der Waals surface area (Å²) >= 11 is 1.79. The van der Waals surface area contributed by atoms with Gasteiger partial charge in [0.1, 0.15) is 17.8 Å². The zero-order valence-corrected chi connectivity index (χ0v) is 11.1. The summed E-state index contributed by atoms with van der Waals surface area (Å²) in [4.78, 5) is 17.1. The van der Waals surface area contributed by atoms with Crippen molar-refractivity contribution in [1.29, 1.82) is 0 Å². The highest BCUT2D eigenvalue weighted by molar-refractivity contribution is 7.98. The van der Waals surface area contributed by atoms with Gasteiger partial charge in [-0.3, -0.25) is 0 Å². The van der Waals surface area contributed by atoms with E-state index in [2.05, 4.69) is 25.4 Å². The van der Waals surface area contributed by atoms with Crippen LogP contribution in [0.5, 0.6) is 5.88 Å². The molecular weight excluding hydrogens is 264 g/mol. The average Bonchev–Trinajstić information content (AvgIpc) is 2.94. The lowest BCUT2D eigenvalue weighted by Crippen LogP contribution is -2.13. The van der Waals surface area contributed by atoms with Crippen LogP contribution >= 0.6 is 11.8 Å². The van der Waals surface area contributed by atoms with E-state index in [1.165, 1.54) is 6.33 Å². The van der Waals surface area contributed by atoms with E-state index in [9.17, 15) is 0 Å². The molecule has 0 aliphatic carbocycles. The number of hydrogen-bond acceptors (Lipinski definition) is 8. The number of nitrogen functional groups attached to an aromatic ring is 1. The van der Waals surface area contributed by atoms with E-state index in [1.54, 1.807) is 24.9 Å². The molecule has 3 N–H and O–H groups in total. The molecule has 98 valence electrons. The van der Waals surface area contributed by atoms with Crippen molar-refractivity contribution in [2.45, 2.75) is 11.5 Å². The number of methoxy groups -OCH3 is 1. The van der Waals surface area contributed by atoms with Gasteiger partial charge in [0.15, 0.2) is 5.82 Å². The molecule has 0 aromatic carbocycles. The number of nitrogens with zero attached hydrogens (tertiary/aromatic N) is 4. The maximum absolute atomic E-state index is 5.52. The topological polar surface area (TPSA) is 98.8 Å². The van der Waals surface area contributed by atoms with Crippen molar-refractivity contribution in [3.8, 4) is 17.4 Å². The second kappa shape index (κ2) is 4.98. The van der Waals surface area contributed by atoms with Crippen LogP contribution in [0.1, 0.15) is 11.3 Å². The van der Waals surface area contributed by atoms with Crippen LogP contribution < -0.4 is 16.0 Å². The standard InChI is InChI=1S/C11H12N6OS/c1-18-9-2-7(13-5-14-9)11-15-8-4-19-3-6(8)10(16-11)17-12/h2,5H,3-4,12H2,1H3,(H,15,16,17). The van der Waals surface area contributed by atoms with Crippen LogP contribution in [0.15, 0.2) is 12.4 Å². The first-order valence-electron chi connectivity index (χ1n) is 5.62. The van der Waals surface area contributed by atoms with Crippen molar-refractivity contribution in [3.63, 3.8) is 0 Å². The van der Waals surface area contributed by atoms with Crippen LogP contribution in [0.4, 0.5) is 5.82 Å². The Labute approximate surface area is 114 Å². The Morgan fingerprint density at radius 1 is 1.32 bits per heavy atom. The largest absolute Gasteiger partial charge is 0.481 e. The first-order chi connectivity index (χ1) is 9.31. The highest BCUT2D eigenvalue weighted by Crippen LogP contribution is 2.33. The number of anilines is 1. The Morgan fingerprint density at radius 2 is 2.21 bits per heavy atom. The van der Waals surface area contributed by atoms with Gasteiger partial charge in [-0.15, -0.1) is 0 Å². The predicted molar refractivity (Wildman–Crippen MR) is 72.4 cm³/mol. The lowest BCUT2D eigenvalue weighted by atomic mass is 10.2. The molecule has 0 radical (unpaired) electrons. The number of thioether (sulfide) groups is 1. The molecule has 8 heteroatoms. The third-order valence-corrected chi connectivity index (χ3v) is 3.77. The second-order valence-electron chi connectivity index (χ2n) is 3.90. The highest BCUT2D eigenvalue weighted by Gasteiger charge is 2.20. The molecule has 0 atom stereocenters. The first-order valence-corrected chi connectivity index (χ1v) is 6.78. The summed E-state index contributed by atoms with van der Waals surface area (Å²) in [5.41, 5.74) is 5.31. The fourth-order valence-corrected chi connectivity index (χ4v) is 2.90. The summed E-state index contributed by atoms with van der Waals surface area (Å²) in [6.45, 7) is 0. The lowest BCUT2D eigenvalue weighted by Gasteiger charge is -2.08. The average molecular weight is 276 g/mol. The van der Waals surface area contributed by atoms with E-state index in [1.807, 2.05) is 0 Å². The van der Waals surface area contributed by atoms with E-state index in [0.29, 0.717) is 23.2 Å². The molecule has 0 amide bonds. The molecule has 19 heavy (non-hydrogen) atoms. The van der Waals surface area contributed by atoms with Gasteiger partial charge in [-0.25, -0.2) is 25.8 Å². The molecular formula is C11H12N6OS. The van der Waals surface area contributed by atoms with Crippen molar-refractivity contribution in [2.75, 3.05) is 12.5 Å². The zero-order chi connectivity index (χ0) is 13.2. The number of nitrogens with one attached hydrogen (secondary N) is 1. The summed E-state index contributed by atoms with van der Waals surface area (Å²) in [5, 5.41) is 0. The van der Waals surface area contributed by atoms with E-state index in [0.717, 1.165) is 22.8 Å². The number of hydrazine groups is 1. The van der Waals surface area contributed by atoms with Crippen LogP contribution in [-0.4, -0.2) is 27.0 Å². The Morgan fingerprint density at radius 3 is 3.00 bits per heavy atom. The van der Waals surface area contributed by atoms with E-state index in [4.69, 9.17) is 10.6 Å². The molecule has 3 rings (SSSR count). The molecule has 3 heterocycles. The van der Waals surface area contributed by atoms with Crippen molar-refractivity contribution in [2.24, 2.45) is 5.84 Å². The number of aromatic nitrogens is 4. The van der Waals surface area contributed by atoms with Gasteiger partial charge in [0, 0.05) is 23.1 Å². The number of fused-ring (bicyclic) bond motifs is 1. The minimum absolute atomic E-state index is 0.478. The van der Waals surface area contributed by atoms with Crippen molar-refractivity contribution < 1.29 is 4.74 Å². The smallest absolute Gasteiger partial charge is 0.216 e. The van der Waals surface area contributed by atoms with Crippen LogP contribution in [0.3, 0.4) is 0 Å². The minimum Gasteiger partial charge on any atom is -0.481 e. The third-order valence-electron chi connectivity index (χ3n) is 2.79. The van der Waals surface area contributed by atoms with Gasteiger partial charge in [0.25, 0.3) is 0 Å². The second-order valence-corrected chi connectivity index (χ2v) is 4.89. The maximum atomic E-state index is 5.52. The van der Waals surface area contributed by atoms with Gasteiger partial charge in [0.2, 0.25) is 5.88 Å². The quantitative estimate of drug-likeness (QED) is 0.632. The fourth-order valence-electron chi connectivity index (χ4n) is 1.86. The van der Waals surface area contributed by atoms with Crippen molar-refractivity contribution in [3.05, 3.63) is 23.7 Å². The summed E-state index contributed by atoms with van der Waals surface area (Å²) in [6.07, 6.45) is 1.43. The number of hydrogen-bond donors (Lipinski definition) is 2. The maximum Gasteiger partial charge on any atom is 0.216 e. The van der Waals surface area contributed by atoms with Gasteiger partial charge in [0.05, 0.1) is 12.8 Å². The summed E-state index contributed by atoms with van der Waals surface area (Å²) < 4.78 is 5.07. The normalized spacial score (nSPS) is 13.2. The third kappa shape index (κ3) is 2.20. The summed E-state index contributed by atoms with van der Waals surface area (Å²) in [6, 6.07) is 1.70. The molecule has 0 fully saturated rings. The molecule has 7 nitrogen and oxygen atoms in total. The Bertz CT molecular complexity index is 620. The monoisotopic (exact) mass is 276 g/mol. The van der Waals surface area contributed by atoms with E-state index in [-0.39, 0.29) is 0 Å². The molecule has 1 aliphatic rings. The van der Waals surface area contributed by atoms with Crippen molar-refractivity contribution >= 4 is 17.6 Å². The van der Waals surface area contributed by atoms with Gasteiger partial charge in [-0.2, -0.15) is 11.8 Å². The SMILES string of the molecule is COc1cc(-c2nc3c(c(NN)n2)CSC3)ncn1. The van der Waals surface area contributed by atoms with Crippen LogP contribution in [0, 0.1) is 0 Å². The Balaban J connectivity index is 2.10. The van der Waals surface area contributed by atoms with Gasteiger partial charge < -0.3 is 10.2 Å².